The highest BCUT2D eigenvalue weighted by atomic mass is 19.4. The number of benzene rings is 1. The van der Waals surface area contributed by atoms with E-state index in [0.717, 1.165) is 17.9 Å². The van der Waals surface area contributed by atoms with Gasteiger partial charge in [-0.25, -0.2) is 0 Å². The predicted molar refractivity (Wildman–Crippen MR) is 77.6 cm³/mol. The first-order chi connectivity index (χ1) is 10.9. The minimum atomic E-state index is -4.39. The SMILES string of the molecule is CC(NC(=O)C1CC1c1ccco1)c1cccc(C(F)(F)F)c1. The monoisotopic (exact) mass is 323 g/mol. The number of rotatable bonds is 4. The van der Waals surface area contributed by atoms with E-state index in [9.17, 15) is 18.0 Å². The van der Waals surface area contributed by atoms with Gasteiger partial charge in [-0.05, 0) is 43.2 Å². The van der Waals surface area contributed by atoms with Crippen molar-refractivity contribution < 1.29 is 22.4 Å². The molecule has 1 heterocycles. The normalized spacial score (nSPS) is 21.7. The molecule has 0 bridgehead atoms. The Morgan fingerprint density at radius 3 is 2.74 bits per heavy atom. The second kappa shape index (κ2) is 5.76. The fraction of sp³-hybridized carbons (Fsp3) is 0.353. The Bertz CT molecular complexity index is 694. The first-order valence-corrected chi connectivity index (χ1v) is 7.37. The molecular weight excluding hydrogens is 307 g/mol. The summed E-state index contributed by atoms with van der Waals surface area (Å²) in [6.45, 7) is 1.68. The van der Waals surface area contributed by atoms with Crippen LogP contribution in [-0.4, -0.2) is 5.91 Å². The summed E-state index contributed by atoms with van der Waals surface area (Å²) < 4.78 is 43.5. The Kier molecular flexibility index (Phi) is 3.92. The number of hydrogen-bond acceptors (Lipinski definition) is 2. The largest absolute Gasteiger partial charge is 0.469 e. The van der Waals surface area contributed by atoms with E-state index in [1.807, 2.05) is 6.07 Å². The van der Waals surface area contributed by atoms with Crippen LogP contribution in [0.15, 0.2) is 47.1 Å². The standard InChI is InChI=1S/C17H16F3NO2/c1-10(11-4-2-5-12(8-11)17(18,19)20)21-16(22)14-9-13(14)15-6-3-7-23-15/h2-8,10,13-14H,9H2,1H3,(H,21,22). The quantitative estimate of drug-likeness (QED) is 0.912. The molecule has 2 aromatic rings. The van der Waals surface area contributed by atoms with Gasteiger partial charge in [-0.15, -0.1) is 0 Å². The second-order valence-corrected chi connectivity index (χ2v) is 5.82. The molecule has 3 rings (SSSR count). The molecule has 0 aliphatic heterocycles. The molecule has 3 nitrogen and oxygen atoms in total. The summed E-state index contributed by atoms with van der Waals surface area (Å²) in [7, 11) is 0. The van der Waals surface area contributed by atoms with Crippen LogP contribution in [-0.2, 0) is 11.0 Å². The molecule has 0 spiro atoms. The molecule has 3 atom stereocenters. The molecule has 1 saturated carbocycles. The Morgan fingerprint density at radius 1 is 1.30 bits per heavy atom. The summed E-state index contributed by atoms with van der Waals surface area (Å²) in [6.07, 6.45) is -2.12. The maximum Gasteiger partial charge on any atom is 0.416 e. The summed E-state index contributed by atoms with van der Waals surface area (Å²) >= 11 is 0. The van der Waals surface area contributed by atoms with Crippen molar-refractivity contribution in [1.29, 1.82) is 0 Å². The maximum atomic E-state index is 12.7. The van der Waals surface area contributed by atoms with Crippen LogP contribution in [0.3, 0.4) is 0 Å². The molecule has 0 saturated heterocycles. The number of furan rings is 1. The zero-order valence-electron chi connectivity index (χ0n) is 12.4. The minimum Gasteiger partial charge on any atom is -0.469 e. The van der Waals surface area contributed by atoms with Crippen LogP contribution in [0.1, 0.15) is 42.2 Å². The van der Waals surface area contributed by atoms with Crippen molar-refractivity contribution in [2.75, 3.05) is 0 Å². The lowest BCUT2D eigenvalue weighted by molar-refractivity contribution is -0.137. The third-order valence-corrected chi connectivity index (χ3v) is 4.11. The lowest BCUT2D eigenvalue weighted by Gasteiger charge is -2.16. The van der Waals surface area contributed by atoms with Gasteiger partial charge in [-0.2, -0.15) is 13.2 Å². The van der Waals surface area contributed by atoms with Crippen molar-refractivity contribution in [3.8, 4) is 0 Å². The number of amides is 1. The average Bonchev–Trinajstić information content (AvgIpc) is 3.12. The van der Waals surface area contributed by atoms with Crippen molar-refractivity contribution >= 4 is 5.91 Å². The molecule has 1 aromatic carbocycles. The molecule has 1 aliphatic carbocycles. The topological polar surface area (TPSA) is 42.2 Å². The molecule has 6 heteroatoms. The predicted octanol–water partition coefficient (Wildman–Crippen LogP) is 4.28. The first kappa shape index (κ1) is 15.6. The van der Waals surface area contributed by atoms with Crippen LogP contribution in [0.4, 0.5) is 13.2 Å². The molecular formula is C17H16F3NO2. The van der Waals surface area contributed by atoms with Gasteiger partial charge >= 0.3 is 6.18 Å². The van der Waals surface area contributed by atoms with Gasteiger partial charge in [-0.1, -0.05) is 12.1 Å². The zero-order valence-corrected chi connectivity index (χ0v) is 12.4. The van der Waals surface area contributed by atoms with E-state index < -0.39 is 17.8 Å². The molecule has 1 N–H and O–H groups in total. The van der Waals surface area contributed by atoms with Gasteiger partial charge in [-0.3, -0.25) is 4.79 Å². The summed E-state index contributed by atoms with van der Waals surface area (Å²) in [4.78, 5) is 12.2. The summed E-state index contributed by atoms with van der Waals surface area (Å²) in [5.74, 6) is 0.515. The molecule has 1 fully saturated rings. The number of nitrogens with one attached hydrogen (secondary N) is 1. The van der Waals surface area contributed by atoms with E-state index >= 15 is 0 Å². The highest BCUT2D eigenvalue weighted by Gasteiger charge is 2.46. The molecule has 1 aromatic heterocycles. The van der Waals surface area contributed by atoms with Crippen molar-refractivity contribution in [3.63, 3.8) is 0 Å². The third-order valence-electron chi connectivity index (χ3n) is 4.11. The van der Waals surface area contributed by atoms with E-state index in [2.05, 4.69) is 5.32 Å². The van der Waals surface area contributed by atoms with Crippen molar-refractivity contribution in [2.24, 2.45) is 5.92 Å². The summed E-state index contributed by atoms with van der Waals surface area (Å²) in [5.41, 5.74) is -0.278. The van der Waals surface area contributed by atoms with Gasteiger partial charge in [0.2, 0.25) is 5.91 Å². The highest BCUT2D eigenvalue weighted by Crippen LogP contribution is 2.47. The molecule has 23 heavy (non-hydrogen) atoms. The molecule has 3 unspecified atom stereocenters. The zero-order chi connectivity index (χ0) is 16.6. The second-order valence-electron chi connectivity index (χ2n) is 5.82. The fourth-order valence-corrected chi connectivity index (χ4v) is 2.69. The van der Waals surface area contributed by atoms with Crippen molar-refractivity contribution in [1.82, 2.24) is 5.32 Å². The van der Waals surface area contributed by atoms with Gasteiger partial charge in [0.25, 0.3) is 0 Å². The Labute approximate surface area is 131 Å². The van der Waals surface area contributed by atoms with Gasteiger partial charge in [0.05, 0.1) is 17.9 Å². The third kappa shape index (κ3) is 3.41. The number of hydrogen-bond donors (Lipinski definition) is 1. The van der Waals surface area contributed by atoms with E-state index in [1.165, 1.54) is 6.07 Å². The van der Waals surface area contributed by atoms with Crippen LogP contribution in [0.2, 0.25) is 0 Å². The van der Waals surface area contributed by atoms with Gasteiger partial charge in [0.15, 0.2) is 0 Å². The Hall–Kier alpha value is -2.24. The average molecular weight is 323 g/mol. The fourth-order valence-electron chi connectivity index (χ4n) is 2.69. The number of halogens is 3. The summed E-state index contributed by atoms with van der Waals surface area (Å²) in [6, 6.07) is 8.14. The van der Waals surface area contributed by atoms with Crippen molar-refractivity contribution in [2.45, 2.75) is 31.5 Å². The van der Waals surface area contributed by atoms with E-state index in [0.29, 0.717) is 12.0 Å². The lowest BCUT2D eigenvalue weighted by Crippen LogP contribution is -2.28. The molecule has 0 radical (unpaired) electrons. The minimum absolute atomic E-state index is 0.0682. The van der Waals surface area contributed by atoms with Gasteiger partial charge in [0, 0.05) is 11.8 Å². The smallest absolute Gasteiger partial charge is 0.416 e. The highest BCUT2D eigenvalue weighted by molar-refractivity contribution is 5.83. The summed E-state index contributed by atoms with van der Waals surface area (Å²) in [5, 5.41) is 2.78. The van der Waals surface area contributed by atoms with E-state index in [1.54, 1.807) is 25.3 Å². The van der Waals surface area contributed by atoms with Crippen LogP contribution in [0, 0.1) is 5.92 Å². The Balaban J connectivity index is 1.63. The molecule has 1 amide bonds. The molecule has 122 valence electrons. The van der Waals surface area contributed by atoms with Crippen LogP contribution in [0.25, 0.3) is 0 Å². The van der Waals surface area contributed by atoms with Crippen molar-refractivity contribution in [3.05, 3.63) is 59.5 Å². The Morgan fingerprint density at radius 2 is 2.09 bits per heavy atom. The molecule has 1 aliphatic rings. The van der Waals surface area contributed by atoms with Gasteiger partial charge in [0.1, 0.15) is 5.76 Å². The van der Waals surface area contributed by atoms with Crippen LogP contribution >= 0.6 is 0 Å². The lowest BCUT2D eigenvalue weighted by atomic mass is 10.0. The van der Waals surface area contributed by atoms with Crippen LogP contribution in [0.5, 0.6) is 0 Å². The number of carbonyl (C=O) groups excluding carboxylic acids is 1. The van der Waals surface area contributed by atoms with E-state index in [4.69, 9.17) is 4.42 Å². The number of carbonyl (C=O) groups is 1. The van der Waals surface area contributed by atoms with E-state index in [-0.39, 0.29) is 17.7 Å². The number of alkyl halides is 3. The van der Waals surface area contributed by atoms with Crippen LogP contribution < -0.4 is 5.32 Å². The first-order valence-electron chi connectivity index (χ1n) is 7.37. The maximum absolute atomic E-state index is 12.7. The van der Waals surface area contributed by atoms with Gasteiger partial charge < -0.3 is 9.73 Å².